The molecule has 0 saturated carbocycles. The molecule has 0 bridgehead atoms. The highest BCUT2D eigenvalue weighted by Crippen LogP contribution is 2.15. The molecule has 0 aliphatic heterocycles. The van der Waals surface area contributed by atoms with Gasteiger partial charge in [0.25, 0.3) is 5.91 Å². The fourth-order valence-electron chi connectivity index (χ4n) is 2.21. The van der Waals surface area contributed by atoms with E-state index in [-0.39, 0.29) is 12.5 Å². The van der Waals surface area contributed by atoms with Gasteiger partial charge in [0.05, 0.1) is 0 Å². The van der Waals surface area contributed by atoms with Gasteiger partial charge in [0.2, 0.25) is 6.54 Å². The van der Waals surface area contributed by atoms with E-state index in [1.165, 1.54) is 5.39 Å². The van der Waals surface area contributed by atoms with Crippen molar-refractivity contribution < 1.29 is 9.36 Å². The third kappa shape index (κ3) is 3.47. The van der Waals surface area contributed by atoms with Crippen LogP contribution in [0.1, 0.15) is 0 Å². The first-order chi connectivity index (χ1) is 10.2. The summed E-state index contributed by atoms with van der Waals surface area (Å²) >= 11 is 3.39. The van der Waals surface area contributed by atoms with Crippen molar-refractivity contribution in [2.75, 3.05) is 5.32 Å². The van der Waals surface area contributed by atoms with Gasteiger partial charge < -0.3 is 5.32 Å². The van der Waals surface area contributed by atoms with Crippen LogP contribution in [0.15, 0.2) is 71.5 Å². The molecule has 1 heterocycles. The third-order valence-corrected chi connectivity index (χ3v) is 3.67. The lowest BCUT2D eigenvalue weighted by molar-refractivity contribution is -0.682. The SMILES string of the molecule is O=C(C[n+]1ccc2ccccc2c1)Nc1cccc(Br)c1. The number of aromatic nitrogens is 1. The van der Waals surface area contributed by atoms with Crippen molar-refractivity contribution in [2.45, 2.75) is 6.54 Å². The van der Waals surface area contributed by atoms with E-state index in [2.05, 4.69) is 27.3 Å². The second kappa shape index (κ2) is 6.06. The second-order valence-corrected chi connectivity index (χ2v) is 5.72. The number of amides is 1. The second-order valence-electron chi connectivity index (χ2n) is 4.80. The van der Waals surface area contributed by atoms with Gasteiger partial charge in [-0.05, 0) is 29.7 Å². The Labute approximate surface area is 131 Å². The molecule has 0 spiro atoms. The Hall–Kier alpha value is -2.20. The van der Waals surface area contributed by atoms with Gasteiger partial charge in [0, 0.05) is 21.6 Å². The quantitative estimate of drug-likeness (QED) is 0.726. The van der Waals surface area contributed by atoms with E-state index in [0.717, 1.165) is 15.5 Å². The van der Waals surface area contributed by atoms with Crippen LogP contribution in [0.4, 0.5) is 5.69 Å². The maximum atomic E-state index is 12.1. The molecule has 0 radical (unpaired) electrons. The molecule has 2 aromatic carbocycles. The van der Waals surface area contributed by atoms with Gasteiger partial charge in [0.15, 0.2) is 12.4 Å². The Morgan fingerprint density at radius 1 is 1.05 bits per heavy atom. The van der Waals surface area contributed by atoms with E-state index in [0.29, 0.717) is 0 Å². The summed E-state index contributed by atoms with van der Waals surface area (Å²) in [5.74, 6) is -0.0478. The lowest BCUT2D eigenvalue weighted by Gasteiger charge is -2.04. The maximum absolute atomic E-state index is 12.1. The first-order valence-corrected chi connectivity index (χ1v) is 7.43. The van der Waals surface area contributed by atoms with Gasteiger partial charge in [0.1, 0.15) is 0 Å². The number of nitrogens with zero attached hydrogens (tertiary/aromatic N) is 1. The van der Waals surface area contributed by atoms with E-state index in [1.54, 1.807) is 0 Å². The van der Waals surface area contributed by atoms with Gasteiger partial charge >= 0.3 is 0 Å². The van der Waals surface area contributed by atoms with Crippen molar-refractivity contribution in [2.24, 2.45) is 0 Å². The average molecular weight is 342 g/mol. The minimum atomic E-state index is -0.0478. The number of hydrogen-bond donors (Lipinski definition) is 1. The Bertz CT molecular complexity index is 801. The molecule has 0 aliphatic rings. The van der Waals surface area contributed by atoms with Crippen LogP contribution < -0.4 is 9.88 Å². The molecule has 0 atom stereocenters. The smallest absolute Gasteiger partial charge is 0.290 e. The van der Waals surface area contributed by atoms with Gasteiger partial charge in [-0.1, -0.05) is 40.2 Å². The van der Waals surface area contributed by atoms with E-state index in [9.17, 15) is 4.79 Å². The topological polar surface area (TPSA) is 33.0 Å². The number of pyridine rings is 1. The largest absolute Gasteiger partial charge is 0.321 e. The summed E-state index contributed by atoms with van der Waals surface area (Å²) in [5, 5.41) is 5.18. The summed E-state index contributed by atoms with van der Waals surface area (Å²) in [6.07, 6.45) is 3.90. The number of halogens is 1. The monoisotopic (exact) mass is 341 g/mol. The average Bonchev–Trinajstić information content (AvgIpc) is 2.47. The highest BCUT2D eigenvalue weighted by molar-refractivity contribution is 9.10. The minimum Gasteiger partial charge on any atom is -0.321 e. The molecule has 0 fully saturated rings. The summed E-state index contributed by atoms with van der Waals surface area (Å²) in [5.41, 5.74) is 0.788. The summed E-state index contributed by atoms with van der Waals surface area (Å²) < 4.78 is 2.83. The van der Waals surface area contributed by atoms with Crippen LogP contribution in [0, 0.1) is 0 Å². The molecule has 3 rings (SSSR count). The first-order valence-electron chi connectivity index (χ1n) is 6.64. The van der Waals surface area contributed by atoms with E-state index in [1.807, 2.05) is 65.5 Å². The zero-order chi connectivity index (χ0) is 14.7. The van der Waals surface area contributed by atoms with Crippen molar-refractivity contribution in [3.63, 3.8) is 0 Å². The van der Waals surface area contributed by atoms with Crippen LogP contribution in [0.5, 0.6) is 0 Å². The molecular weight excluding hydrogens is 328 g/mol. The predicted molar refractivity (Wildman–Crippen MR) is 86.9 cm³/mol. The number of fused-ring (bicyclic) bond motifs is 1. The van der Waals surface area contributed by atoms with Crippen LogP contribution in [-0.4, -0.2) is 5.91 Å². The highest BCUT2D eigenvalue weighted by Gasteiger charge is 2.10. The van der Waals surface area contributed by atoms with Gasteiger partial charge in [-0.15, -0.1) is 0 Å². The highest BCUT2D eigenvalue weighted by atomic mass is 79.9. The van der Waals surface area contributed by atoms with Crippen molar-refractivity contribution in [1.82, 2.24) is 0 Å². The lowest BCUT2D eigenvalue weighted by atomic mass is 10.2. The van der Waals surface area contributed by atoms with Crippen LogP contribution in [0.25, 0.3) is 10.8 Å². The molecule has 1 amide bonds. The number of carbonyl (C=O) groups is 1. The zero-order valence-corrected chi connectivity index (χ0v) is 12.9. The summed E-state index contributed by atoms with van der Waals surface area (Å²) in [7, 11) is 0. The number of nitrogens with one attached hydrogen (secondary N) is 1. The predicted octanol–water partition coefficient (Wildman–Crippen LogP) is 3.53. The summed E-state index contributed by atoms with van der Waals surface area (Å²) in [4.78, 5) is 12.1. The fourth-order valence-corrected chi connectivity index (χ4v) is 2.61. The molecule has 21 heavy (non-hydrogen) atoms. The van der Waals surface area contributed by atoms with E-state index >= 15 is 0 Å². The number of rotatable bonds is 3. The molecular formula is C17H14BrN2O+. The minimum absolute atomic E-state index is 0.0478. The summed E-state index contributed by atoms with van der Waals surface area (Å²) in [6, 6.07) is 17.7. The lowest BCUT2D eigenvalue weighted by Crippen LogP contribution is -2.39. The van der Waals surface area contributed by atoms with Crippen molar-refractivity contribution in [3.05, 3.63) is 71.5 Å². The maximum Gasteiger partial charge on any atom is 0.290 e. The van der Waals surface area contributed by atoms with Crippen LogP contribution in [0.3, 0.4) is 0 Å². The molecule has 0 aliphatic carbocycles. The van der Waals surface area contributed by atoms with Crippen LogP contribution in [-0.2, 0) is 11.3 Å². The number of benzene rings is 2. The van der Waals surface area contributed by atoms with E-state index in [4.69, 9.17) is 0 Å². The van der Waals surface area contributed by atoms with E-state index < -0.39 is 0 Å². The molecule has 1 N–H and O–H groups in total. The molecule has 0 saturated heterocycles. The van der Waals surface area contributed by atoms with Crippen molar-refractivity contribution in [1.29, 1.82) is 0 Å². The third-order valence-electron chi connectivity index (χ3n) is 3.18. The molecule has 104 valence electrons. The molecule has 4 heteroatoms. The number of anilines is 1. The van der Waals surface area contributed by atoms with Crippen LogP contribution in [0.2, 0.25) is 0 Å². The Kier molecular flexibility index (Phi) is 3.97. The normalized spacial score (nSPS) is 10.5. The first kappa shape index (κ1) is 13.8. The van der Waals surface area contributed by atoms with Crippen molar-refractivity contribution in [3.8, 4) is 0 Å². The number of hydrogen-bond acceptors (Lipinski definition) is 1. The molecule has 3 nitrogen and oxygen atoms in total. The van der Waals surface area contributed by atoms with Gasteiger partial charge in [-0.2, -0.15) is 4.57 Å². The Morgan fingerprint density at radius 2 is 1.86 bits per heavy atom. The fraction of sp³-hybridized carbons (Fsp3) is 0.0588. The summed E-state index contributed by atoms with van der Waals surface area (Å²) in [6.45, 7) is 0.289. The molecule has 0 unspecified atom stereocenters. The van der Waals surface area contributed by atoms with Gasteiger partial charge in [-0.25, -0.2) is 0 Å². The number of carbonyl (C=O) groups excluding carboxylic acids is 1. The standard InChI is InChI=1S/C17H13BrN2O/c18-15-6-3-7-16(10-15)19-17(21)12-20-9-8-13-4-1-2-5-14(13)11-20/h1-11H,12H2/p+1. The Morgan fingerprint density at radius 3 is 2.67 bits per heavy atom. The van der Waals surface area contributed by atoms with Crippen LogP contribution >= 0.6 is 15.9 Å². The zero-order valence-electron chi connectivity index (χ0n) is 11.3. The molecule has 3 aromatic rings. The molecule has 1 aromatic heterocycles. The Balaban J connectivity index is 1.74. The van der Waals surface area contributed by atoms with Crippen molar-refractivity contribution >= 4 is 38.3 Å². The van der Waals surface area contributed by atoms with Gasteiger partial charge in [-0.3, -0.25) is 4.79 Å².